The molecule has 0 heterocycles. The van der Waals surface area contributed by atoms with Crippen molar-refractivity contribution in [3.8, 4) is 6.07 Å². The van der Waals surface area contributed by atoms with Crippen molar-refractivity contribution in [1.29, 1.82) is 5.26 Å². The van der Waals surface area contributed by atoms with Gasteiger partial charge in [0.15, 0.2) is 0 Å². The van der Waals surface area contributed by atoms with E-state index in [0.29, 0.717) is 13.0 Å². The summed E-state index contributed by atoms with van der Waals surface area (Å²) in [7, 11) is 0. The van der Waals surface area contributed by atoms with Crippen LogP contribution in [0.25, 0.3) is 4.85 Å². The topological polar surface area (TPSA) is 52.2 Å². The highest BCUT2D eigenvalue weighted by Crippen LogP contribution is 1.69. The molecule has 2 N–H and O–H groups in total. The van der Waals surface area contributed by atoms with Crippen LogP contribution in [-0.4, -0.2) is 32.7 Å². The summed E-state index contributed by atoms with van der Waals surface area (Å²) in [6, 6.07) is 2.06. The molecule has 0 radical (unpaired) electrons. The zero-order valence-corrected chi connectivity index (χ0v) is 7.14. The second-order valence-corrected chi connectivity index (χ2v) is 2.29. The zero-order chi connectivity index (χ0) is 9.07. The predicted octanol–water partition coefficient (Wildman–Crippen LogP) is -0.00143. The molecule has 0 fully saturated rings. The van der Waals surface area contributed by atoms with Crippen LogP contribution in [0.3, 0.4) is 0 Å². The quantitative estimate of drug-likeness (QED) is 0.413. The van der Waals surface area contributed by atoms with Gasteiger partial charge in [0, 0.05) is 26.1 Å². The lowest BCUT2D eigenvalue weighted by Gasteiger charge is -2.01. The molecule has 0 unspecified atom stereocenters. The molecule has 0 aromatic heterocycles. The average molecular weight is 166 g/mol. The maximum Gasteiger partial charge on any atom is 0.226 e. The summed E-state index contributed by atoms with van der Waals surface area (Å²) in [6.07, 6.45) is 0.558. The lowest BCUT2D eigenvalue weighted by molar-refractivity contribution is 0.626. The van der Waals surface area contributed by atoms with Crippen LogP contribution in [0.1, 0.15) is 6.42 Å². The van der Waals surface area contributed by atoms with Gasteiger partial charge in [0.2, 0.25) is 6.54 Å². The van der Waals surface area contributed by atoms with Crippen LogP contribution < -0.4 is 10.6 Å². The third-order valence-electron chi connectivity index (χ3n) is 1.29. The summed E-state index contributed by atoms with van der Waals surface area (Å²) in [4.78, 5) is 3.21. The maximum absolute atomic E-state index is 8.20. The Morgan fingerprint density at radius 2 is 1.83 bits per heavy atom. The second kappa shape index (κ2) is 9.90. The smallest absolute Gasteiger partial charge is 0.226 e. The Morgan fingerprint density at radius 3 is 2.42 bits per heavy atom. The SMILES string of the molecule is [C-]#[N+]CCNCCNCCC#N. The van der Waals surface area contributed by atoms with Crippen molar-refractivity contribution in [2.75, 3.05) is 32.7 Å². The van der Waals surface area contributed by atoms with Crippen LogP contribution in [-0.2, 0) is 0 Å². The first-order valence-corrected chi connectivity index (χ1v) is 4.03. The van der Waals surface area contributed by atoms with Crippen molar-refractivity contribution in [3.63, 3.8) is 0 Å². The van der Waals surface area contributed by atoms with Crippen LogP contribution in [0.2, 0.25) is 0 Å². The van der Waals surface area contributed by atoms with Crippen LogP contribution in [0.4, 0.5) is 0 Å². The van der Waals surface area contributed by atoms with Gasteiger partial charge in [0.05, 0.1) is 12.6 Å². The molecule has 0 aromatic carbocycles. The average Bonchev–Trinajstić information content (AvgIpc) is 2.10. The molecule has 0 aliphatic heterocycles. The van der Waals surface area contributed by atoms with Gasteiger partial charge in [-0.1, -0.05) is 0 Å². The van der Waals surface area contributed by atoms with Gasteiger partial charge < -0.3 is 15.5 Å². The van der Waals surface area contributed by atoms with E-state index in [4.69, 9.17) is 11.8 Å². The number of nitrogens with one attached hydrogen (secondary N) is 2. The molecule has 4 heteroatoms. The van der Waals surface area contributed by atoms with Crippen molar-refractivity contribution in [1.82, 2.24) is 10.6 Å². The normalized spacial score (nSPS) is 8.83. The molecular formula is C8H14N4. The van der Waals surface area contributed by atoms with Crippen molar-refractivity contribution >= 4 is 0 Å². The van der Waals surface area contributed by atoms with Crippen molar-refractivity contribution in [2.24, 2.45) is 0 Å². The molecule has 0 saturated carbocycles. The van der Waals surface area contributed by atoms with E-state index in [9.17, 15) is 0 Å². The van der Waals surface area contributed by atoms with E-state index in [0.717, 1.165) is 26.2 Å². The maximum atomic E-state index is 8.20. The molecule has 0 rings (SSSR count). The van der Waals surface area contributed by atoms with Crippen molar-refractivity contribution in [3.05, 3.63) is 11.4 Å². The summed E-state index contributed by atoms with van der Waals surface area (Å²) in [5, 5.41) is 14.4. The fourth-order valence-corrected chi connectivity index (χ4v) is 0.706. The van der Waals surface area contributed by atoms with Crippen LogP contribution in [0, 0.1) is 17.9 Å². The summed E-state index contributed by atoms with van der Waals surface area (Å²) in [5.41, 5.74) is 0. The molecule has 0 spiro atoms. The van der Waals surface area contributed by atoms with E-state index in [1.807, 2.05) is 0 Å². The largest absolute Gasteiger partial charge is 0.316 e. The lowest BCUT2D eigenvalue weighted by Crippen LogP contribution is -2.29. The highest BCUT2D eigenvalue weighted by Gasteiger charge is 1.88. The minimum atomic E-state index is 0.540. The molecule has 0 atom stereocenters. The van der Waals surface area contributed by atoms with E-state index in [1.165, 1.54) is 0 Å². The van der Waals surface area contributed by atoms with E-state index in [2.05, 4.69) is 21.5 Å². The van der Waals surface area contributed by atoms with Gasteiger partial charge in [-0.2, -0.15) is 5.26 Å². The minimum absolute atomic E-state index is 0.540. The fourth-order valence-electron chi connectivity index (χ4n) is 0.706. The van der Waals surface area contributed by atoms with E-state index < -0.39 is 0 Å². The molecule has 0 aliphatic rings. The predicted molar refractivity (Wildman–Crippen MR) is 47.4 cm³/mol. The van der Waals surface area contributed by atoms with E-state index in [-0.39, 0.29) is 0 Å². The Bertz CT molecular complexity index is 145. The summed E-state index contributed by atoms with van der Waals surface area (Å²) >= 11 is 0. The van der Waals surface area contributed by atoms with Gasteiger partial charge in [-0.15, -0.1) is 0 Å². The Morgan fingerprint density at radius 1 is 1.17 bits per heavy atom. The van der Waals surface area contributed by atoms with Gasteiger partial charge >= 0.3 is 0 Å². The molecule has 0 bridgehead atoms. The molecule has 4 nitrogen and oxygen atoms in total. The number of nitriles is 1. The van der Waals surface area contributed by atoms with Gasteiger partial charge in [-0.3, -0.25) is 0 Å². The van der Waals surface area contributed by atoms with Crippen LogP contribution >= 0.6 is 0 Å². The zero-order valence-electron chi connectivity index (χ0n) is 7.14. The molecule has 66 valence electrons. The Hall–Kier alpha value is -1.10. The molecule has 12 heavy (non-hydrogen) atoms. The third-order valence-corrected chi connectivity index (χ3v) is 1.29. The number of hydrogen-bond acceptors (Lipinski definition) is 3. The standard InChI is InChI=1S/C8H14N4/c1-10-5-6-12-8-7-11-4-2-3-9/h11-12H,2,4-8H2. The Kier molecular flexibility index (Phi) is 8.99. The Balaban J connectivity index is 2.84. The number of hydrogen-bond donors (Lipinski definition) is 2. The number of rotatable bonds is 7. The van der Waals surface area contributed by atoms with E-state index in [1.54, 1.807) is 0 Å². The summed E-state index contributed by atoms with van der Waals surface area (Å²) in [6.45, 7) is 10.3. The Labute approximate surface area is 73.4 Å². The second-order valence-electron chi connectivity index (χ2n) is 2.29. The summed E-state index contributed by atoms with van der Waals surface area (Å²) in [5.74, 6) is 0. The number of nitrogens with zero attached hydrogens (tertiary/aromatic N) is 2. The van der Waals surface area contributed by atoms with Crippen LogP contribution in [0.15, 0.2) is 0 Å². The van der Waals surface area contributed by atoms with Crippen LogP contribution in [0.5, 0.6) is 0 Å². The molecule has 0 aromatic rings. The highest BCUT2D eigenvalue weighted by atomic mass is 14.9. The van der Waals surface area contributed by atoms with Gasteiger partial charge in [0.25, 0.3) is 0 Å². The summed E-state index contributed by atoms with van der Waals surface area (Å²) < 4.78 is 0. The fraction of sp³-hybridized carbons (Fsp3) is 0.750. The monoisotopic (exact) mass is 166 g/mol. The third kappa shape index (κ3) is 8.90. The molecular weight excluding hydrogens is 152 g/mol. The van der Waals surface area contributed by atoms with Gasteiger partial charge in [-0.25, -0.2) is 6.57 Å². The van der Waals surface area contributed by atoms with Crippen molar-refractivity contribution in [2.45, 2.75) is 6.42 Å². The van der Waals surface area contributed by atoms with Crippen molar-refractivity contribution < 1.29 is 0 Å². The first kappa shape index (κ1) is 10.9. The van der Waals surface area contributed by atoms with E-state index >= 15 is 0 Å². The lowest BCUT2D eigenvalue weighted by atomic mass is 10.4. The first-order valence-electron chi connectivity index (χ1n) is 4.03. The molecule has 0 saturated heterocycles. The minimum Gasteiger partial charge on any atom is -0.316 e. The highest BCUT2D eigenvalue weighted by molar-refractivity contribution is 4.70. The van der Waals surface area contributed by atoms with Gasteiger partial charge in [-0.05, 0) is 0 Å². The molecule has 0 aliphatic carbocycles. The van der Waals surface area contributed by atoms with Gasteiger partial charge in [0.1, 0.15) is 0 Å². The first-order chi connectivity index (χ1) is 5.91. The molecule has 0 amide bonds.